The molecular weight excluding hydrogens is 546 g/mol. The van der Waals surface area contributed by atoms with Crippen LogP contribution >= 0.6 is 0 Å². The van der Waals surface area contributed by atoms with Crippen molar-refractivity contribution < 1.29 is 93.2 Å². The van der Waals surface area contributed by atoms with Crippen LogP contribution in [0, 0.1) is 0 Å². The first-order valence-electron chi connectivity index (χ1n) is 7.77. The van der Waals surface area contributed by atoms with Gasteiger partial charge in [-0.15, -0.1) is 0 Å². The van der Waals surface area contributed by atoms with Gasteiger partial charge in [0, 0.05) is 0 Å². The van der Waals surface area contributed by atoms with Crippen molar-refractivity contribution in [2.45, 2.75) is 61.7 Å². The first kappa shape index (κ1) is 32.2. The summed E-state index contributed by atoms with van der Waals surface area (Å²) in [7, 11) is 0. The average molecular weight is 554 g/mol. The van der Waals surface area contributed by atoms with Crippen LogP contribution in [0.3, 0.4) is 0 Å². The smallest absolute Gasteiger partial charge is 0.397 e. The summed E-state index contributed by atoms with van der Waals surface area (Å²) in [5.41, 5.74) is 0. The highest BCUT2D eigenvalue weighted by Gasteiger charge is 2.92. The minimum Gasteiger partial charge on any atom is -0.397 e. The van der Waals surface area contributed by atoms with Crippen molar-refractivity contribution in [3.63, 3.8) is 0 Å². The summed E-state index contributed by atoms with van der Waals surface area (Å²) in [6.45, 7) is -0.169. The molecule has 0 aliphatic carbocycles. The topological polar surface area (TPSA) is 27.7 Å². The highest BCUT2D eigenvalue weighted by Crippen LogP contribution is 2.61. The summed E-state index contributed by atoms with van der Waals surface area (Å²) < 4.78 is 241. The monoisotopic (exact) mass is 554 g/mol. The fraction of sp³-hybridized carbons (Fsp3) is 0.846. The van der Waals surface area contributed by atoms with Crippen LogP contribution in [0.4, 0.5) is 79.0 Å². The van der Waals surface area contributed by atoms with E-state index >= 15 is 0 Å². The Bertz CT molecular complexity index is 729. The molecule has 1 atom stereocenters. The fourth-order valence-electron chi connectivity index (χ4n) is 1.55. The molecule has 0 saturated heterocycles. The molecule has 1 unspecified atom stereocenters. The Morgan fingerprint density at radius 1 is 0.647 bits per heavy atom. The standard InChI is InChI=1S/C13H8F18O3/c1-2-3-32-7(18,19)6(17)34-13(30,31)11(26,27)9(22,23)8(20,21)10(24,25)12(28,29)33-5(16)4(14)15/h6H,2-3H2,1H3. The molecule has 0 aromatic carbocycles. The quantitative estimate of drug-likeness (QED) is 0.180. The molecule has 204 valence electrons. The number of alkyl halides is 15. The molecular formula is C13H8F18O3. The van der Waals surface area contributed by atoms with Crippen molar-refractivity contribution in [2.75, 3.05) is 6.61 Å². The van der Waals surface area contributed by atoms with Crippen molar-refractivity contribution in [3.05, 3.63) is 12.1 Å². The molecule has 0 N–H and O–H groups in total. The van der Waals surface area contributed by atoms with E-state index in [0.29, 0.717) is 0 Å². The second-order valence-corrected chi connectivity index (χ2v) is 5.81. The summed E-state index contributed by atoms with van der Waals surface area (Å²) in [6, 6.07) is -4.10. The van der Waals surface area contributed by atoms with E-state index in [1.165, 1.54) is 0 Å². The summed E-state index contributed by atoms with van der Waals surface area (Å²) in [5.74, 6) is -33.4. The van der Waals surface area contributed by atoms with Gasteiger partial charge in [-0.2, -0.15) is 74.6 Å². The van der Waals surface area contributed by atoms with E-state index in [1.54, 1.807) is 4.74 Å². The van der Waals surface area contributed by atoms with Gasteiger partial charge in [-0.25, -0.2) is 4.39 Å². The van der Waals surface area contributed by atoms with Gasteiger partial charge in [0.2, 0.25) is 0 Å². The Morgan fingerprint density at radius 2 is 1.03 bits per heavy atom. The van der Waals surface area contributed by atoms with Crippen LogP contribution < -0.4 is 0 Å². The van der Waals surface area contributed by atoms with E-state index in [9.17, 15) is 79.0 Å². The van der Waals surface area contributed by atoms with E-state index in [1.807, 2.05) is 4.74 Å². The van der Waals surface area contributed by atoms with E-state index in [-0.39, 0.29) is 0 Å². The van der Waals surface area contributed by atoms with Gasteiger partial charge in [-0.1, -0.05) is 6.92 Å². The molecule has 0 aromatic rings. The SMILES string of the molecule is CCCOC(F)(F)C(F)OC(F)(F)C(F)(F)C(F)(F)C(F)(F)C(F)(F)C(F)(F)OC(F)=C(F)F. The van der Waals surface area contributed by atoms with Crippen LogP contribution in [0.1, 0.15) is 13.3 Å². The third kappa shape index (κ3) is 5.54. The Morgan fingerprint density at radius 3 is 1.38 bits per heavy atom. The molecule has 0 heterocycles. The van der Waals surface area contributed by atoms with Crippen LogP contribution in [-0.2, 0) is 14.2 Å². The highest BCUT2D eigenvalue weighted by molar-refractivity contribution is 5.09. The summed E-state index contributed by atoms with van der Waals surface area (Å²) >= 11 is 0. The molecule has 21 heteroatoms. The number of halogens is 18. The van der Waals surface area contributed by atoms with E-state index < -0.39 is 73.5 Å². The van der Waals surface area contributed by atoms with Gasteiger partial charge in [0.15, 0.2) is 0 Å². The predicted octanol–water partition coefficient (Wildman–Crippen LogP) is 7.10. The lowest BCUT2D eigenvalue weighted by molar-refractivity contribution is -0.491. The molecule has 0 radical (unpaired) electrons. The number of hydrogen-bond donors (Lipinski definition) is 0. The van der Waals surface area contributed by atoms with Gasteiger partial charge in [-0.3, -0.25) is 4.74 Å². The molecule has 0 aliphatic rings. The average Bonchev–Trinajstić information content (AvgIpc) is 2.64. The zero-order chi connectivity index (χ0) is 27.8. The predicted molar refractivity (Wildman–Crippen MR) is 68.3 cm³/mol. The van der Waals surface area contributed by atoms with Crippen molar-refractivity contribution in [2.24, 2.45) is 0 Å². The van der Waals surface area contributed by atoms with Gasteiger partial charge in [-0.05, 0) is 6.42 Å². The van der Waals surface area contributed by atoms with Crippen LogP contribution in [0.5, 0.6) is 0 Å². The molecule has 0 aliphatic heterocycles. The summed E-state index contributed by atoms with van der Waals surface area (Å²) in [4.78, 5) is 0. The van der Waals surface area contributed by atoms with Gasteiger partial charge in [0.1, 0.15) is 0 Å². The maximum Gasteiger partial charge on any atom is 0.472 e. The molecule has 0 bridgehead atoms. The summed E-state index contributed by atoms with van der Waals surface area (Å²) in [6.07, 6.45) is -30.4. The Balaban J connectivity index is 6.31. The van der Waals surface area contributed by atoms with E-state index in [2.05, 4.69) is 4.74 Å². The van der Waals surface area contributed by atoms with Crippen molar-refractivity contribution in [3.8, 4) is 0 Å². The highest BCUT2D eigenvalue weighted by atomic mass is 19.4. The van der Waals surface area contributed by atoms with Gasteiger partial charge in [0.25, 0.3) is 6.36 Å². The molecule has 0 rings (SSSR count). The Labute approximate surface area is 175 Å². The van der Waals surface area contributed by atoms with Crippen LogP contribution in [-0.4, -0.2) is 55.0 Å². The zero-order valence-electron chi connectivity index (χ0n) is 15.5. The Hall–Kier alpha value is -1.80. The number of hydrogen-bond acceptors (Lipinski definition) is 3. The molecule has 0 saturated carbocycles. The molecule has 0 aromatic heterocycles. The van der Waals surface area contributed by atoms with E-state index in [0.717, 1.165) is 6.92 Å². The maximum absolute atomic E-state index is 13.4. The second kappa shape index (κ2) is 9.69. The van der Waals surface area contributed by atoms with Crippen LogP contribution in [0.2, 0.25) is 0 Å². The lowest BCUT2D eigenvalue weighted by Crippen LogP contribution is -2.71. The maximum atomic E-state index is 13.4. The van der Waals surface area contributed by atoms with Crippen molar-refractivity contribution in [1.82, 2.24) is 0 Å². The Kier molecular flexibility index (Phi) is 9.17. The number of rotatable bonds is 13. The van der Waals surface area contributed by atoms with Crippen LogP contribution in [0.25, 0.3) is 0 Å². The zero-order valence-corrected chi connectivity index (χ0v) is 15.5. The first-order chi connectivity index (χ1) is 14.8. The molecule has 0 fully saturated rings. The number of ether oxygens (including phenoxy) is 3. The van der Waals surface area contributed by atoms with Crippen molar-refractivity contribution >= 4 is 0 Å². The van der Waals surface area contributed by atoms with Gasteiger partial charge < -0.3 is 9.47 Å². The lowest BCUT2D eigenvalue weighted by Gasteiger charge is -2.40. The van der Waals surface area contributed by atoms with Crippen LogP contribution in [0.15, 0.2) is 12.1 Å². The second-order valence-electron chi connectivity index (χ2n) is 5.81. The van der Waals surface area contributed by atoms with E-state index in [4.69, 9.17) is 0 Å². The van der Waals surface area contributed by atoms with Gasteiger partial charge in [0.05, 0.1) is 6.61 Å². The lowest BCUT2D eigenvalue weighted by atomic mass is 9.97. The third-order valence-corrected chi connectivity index (χ3v) is 3.29. The first-order valence-corrected chi connectivity index (χ1v) is 7.77. The minimum absolute atomic E-state index is 0.424. The van der Waals surface area contributed by atoms with Crippen molar-refractivity contribution in [1.29, 1.82) is 0 Å². The molecule has 3 nitrogen and oxygen atoms in total. The molecule has 34 heavy (non-hydrogen) atoms. The fourth-order valence-corrected chi connectivity index (χ4v) is 1.55. The molecule has 0 amide bonds. The minimum atomic E-state index is -8.48. The normalized spacial score (nSPS) is 15.9. The third-order valence-electron chi connectivity index (χ3n) is 3.29. The largest absolute Gasteiger partial charge is 0.472 e. The summed E-state index contributed by atoms with van der Waals surface area (Å²) in [5, 5.41) is 0. The van der Waals surface area contributed by atoms with Gasteiger partial charge >= 0.3 is 54.1 Å². The molecule has 0 spiro atoms.